The van der Waals surface area contributed by atoms with E-state index in [9.17, 15) is 0 Å². The third-order valence-electron chi connectivity index (χ3n) is 8.77. The fourth-order valence-corrected chi connectivity index (χ4v) is 7.96. The maximum Gasteiger partial charge on any atom is 0.0975 e. The van der Waals surface area contributed by atoms with Gasteiger partial charge in [0.05, 0.1) is 22.9 Å². The molecule has 0 amide bonds. The number of fused-ring (bicyclic) bond motifs is 9. The van der Waals surface area contributed by atoms with Gasteiger partial charge in [-0.2, -0.15) is 0 Å². The molecular formula is C40H26N2S. The minimum Gasteiger partial charge on any atom is -0.252 e. The van der Waals surface area contributed by atoms with Crippen LogP contribution < -0.4 is 0 Å². The number of hydrogen-bond acceptors (Lipinski definition) is 3. The van der Waals surface area contributed by atoms with Gasteiger partial charge in [0.15, 0.2) is 0 Å². The molecule has 9 rings (SSSR count). The highest BCUT2D eigenvalue weighted by Crippen LogP contribution is 2.41. The predicted molar refractivity (Wildman–Crippen MR) is 184 cm³/mol. The van der Waals surface area contributed by atoms with Gasteiger partial charge in [0, 0.05) is 31.1 Å². The molecule has 0 aliphatic heterocycles. The van der Waals surface area contributed by atoms with E-state index in [1.165, 1.54) is 58.9 Å². The van der Waals surface area contributed by atoms with Crippen LogP contribution in [0.25, 0.3) is 81.6 Å². The first-order valence-corrected chi connectivity index (χ1v) is 15.6. The molecule has 8 aromatic rings. The summed E-state index contributed by atoms with van der Waals surface area (Å²) in [5, 5.41) is 5.07. The summed E-state index contributed by atoms with van der Waals surface area (Å²) < 4.78 is 2.67. The lowest BCUT2D eigenvalue weighted by molar-refractivity contribution is 0.993. The second kappa shape index (κ2) is 9.72. The molecule has 0 radical (unpaired) electrons. The van der Waals surface area contributed by atoms with E-state index in [-0.39, 0.29) is 0 Å². The molecule has 0 saturated heterocycles. The Bertz CT molecular complexity index is 2410. The number of allylic oxidation sites excluding steroid dienone is 1. The van der Waals surface area contributed by atoms with Gasteiger partial charge in [0.1, 0.15) is 0 Å². The molecule has 1 aliphatic carbocycles. The van der Waals surface area contributed by atoms with Crippen LogP contribution in [0, 0.1) is 0 Å². The van der Waals surface area contributed by atoms with Crippen molar-refractivity contribution in [3.05, 3.63) is 139 Å². The monoisotopic (exact) mass is 566 g/mol. The van der Waals surface area contributed by atoms with Crippen molar-refractivity contribution in [2.75, 3.05) is 0 Å². The van der Waals surface area contributed by atoms with Crippen LogP contribution in [0.15, 0.2) is 128 Å². The van der Waals surface area contributed by atoms with Crippen LogP contribution in [-0.2, 0) is 6.42 Å². The molecule has 0 unspecified atom stereocenters. The first-order chi connectivity index (χ1) is 21.3. The third-order valence-corrected chi connectivity index (χ3v) is 9.99. The molecule has 0 N–H and O–H groups in total. The van der Waals surface area contributed by atoms with E-state index >= 15 is 0 Å². The van der Waals surface area contributed by atoms with E-state index in [1.54, 1.807) is 0 Å². The standard InChI is InChI=1S/C40H26N2S/c1-3-17-33-30(14-1)31-15-2-4-18-34(31)39-38(33)41-24-36(42-39)28-13-8-11-26(23-28)25-10-7-12-27(22-25)29-19-9-20-35-32-16-5-6-21-37(32)43-40(29)35/h1-2,4-16,18-24H,3,17H2. The van der Waals surface area contributed by atoms with Crippen LogP contribution in [0.1, 0.15) is 17.5 Å². The molecule has 43 heavy (non-hydrogen) atoms. The zero-order chi connectivity index (χ0) is 28.3. The Morgan fingerprint density at radius 2 is 1.28 bits per heavy atom. The summed E-state index contributed by atoms with van der Waals surface area (Å²) in [6, 6.07) is 41.6. The average molecular weight is 567 g/mol. The van der Waals surface area contributed by atoms with Gasteiger partial charge < -0.3 is 0 Å². The minimum atomic E-state index is 0.900. The molecule has 0 fully saturated rings. The number of aryl methyl sites for hydroxylation is 1. The Morgan fingerprint density at radius 3 is 2.16 bits per heavy atom. The van der Waals surface area contributed by atoms with Crippen LogP contribution in [0.2, 0.25) is 0 Å². The number of nitrogens with zero attached hydrogens (tertiary/aromatic N) is 2. The number of hydrogen-bond donors (Lipinski definition) is 0. The first-order valence-electron chi connectivity index (χ1n) is 14.8. The summed E-state index contributed by atoms with van der Waals surface area (Å²) in [6.45, 7) is 0. The quantitative estimate of drug-likeness (QED) is 0.199. The maximum absolute atomic E-state index is 5.25. The predicted octanol–water partition coefficient (Wildman–Crippen LogP) is 11.1. The lowest BCUT2D eigenvalue weighted by atomic mass is 9.90. The van der Waals surface area contributed by atoms with Crippen molar-refractivity contribution in [1.82, 2.24) is 9.97 Å². The Balaban J connectivity index is 1.15. The second-order valence-corrected chi connectivity index (χ2v) is 12.3. The third kappa shape index (κ3) is 3.93. The summed E-state index contributed by atoms with van der Waals surface area (Å²) in [7, 11) is 0. The van der Waals surface area contributed by atoms with Gasteiger partial charge in [0.25, 0.3) is 0 Å². The van der Waals surface area contributed by atoms with E-state index in [1.807, 2.05) is 17.5 Å². The fourth-order valence-electron chi connectivity index (χ4n) is 6.72. The van der Waals surface area contributed by atoms with Crippen molar-refractivity contribution < 1.29 is 0 Å². The van der Waals surface area contributed by atoms with Gasteiger partial charge in [-0.25, -0.2) is 4.98 Å². The second-order valence-electron chi connectivity index (χ2n) is 11.3. The molecule has 0 bridgehead atoms. The normalized spacial score (nSPS) is 12.8. The van der Waals surface area contributed by atoms with Gasteiger partial charge in [-0.15, -0.1) is 11.3 Å². The summed E-state index contributed by atoms with van der Waals surface area (Å²) in [6.07, 6.45) is 8.53. The zero-order valence-electron chi connectivity index (χ0n) is 23.4. The highest BCUT2D eigenvalue weighted by molar-refractivity contribution is 7.26. The van der Waals surface area contributed by atoms with E-state index in [4.69, 9.17) is 9.97 Å². The summed E-state index contributed by atoms with van der Waals surface area (Å²) in [5.74, 6) is 0. The highest BCUT2D eigenvalue weighted by atomic mass is 32.1. The molecule has 6 aromatic carbocycles. The summed E-state index contributed by atoms with van der Waals surface area (Å²) >= 11 is 1.88. The molecule has 3 heteroatoms. The van der Waals surface area contributed by atoms with Gasteiger partial charge in [-0.1, -0.05) is 109 Å². The zero-order valence-corrected chi connectivity index (χ0v) is 24.2. The van der Waals surface area contributed by atoms with Gasteiger partial charge in [-0.3, -0.25) is 4.98 Å². The molecule has 202 valence electrons. The topological polar surface area (TPSA) is 25.8 Å². The average Bonchev–Trinajstić information content (AvgIpc) is 3.47. The maximum atomic E-state index is 5.25. The molecule has 2 heterocycles. The van der Waals surface area contributed by atoms with Crippen LogP contribution >= 0.6 is 11.3 Å². The fraction of sp³-hybridized carbons (Fsp3) is 0.0500. The van der Waals surface area contributed by atoms with Crippen molar-refractivity contribution in [3.8, 4) is 33.5 Å². The van der Waals surface area contributed by atoms with Gasteiger partial charge in [-0.05, 0) is 69.8 Å². The molecule has 1 aliphatic rings. The Hall–Kier alpha value is -5.12. The van der Waals surface area contributed by atoms with Crippen molar-refractivity contribution in [1.29, 1.82) is 0 Å². The molecule has 0 spiro atoms. The van der Waals surface area contributed by atoms with Crippen LogP contribution in [-0.4, -0.2) is 9.97 Å². The van der Waals surface area contributed by atoms with E-state index in [0.717, 1.165) is 40.5 Å². The van der Waals surface area contributed by atoms with Gasteiger partial charge in [0.2, 0.25) is 0 Å². The Labute approximate surface area is 253 Å². The van der Waals surface area contributed by atoms with E-state index in [0.29, 0.717) is 0 Å². The number of benzene rings is 6. The van der Waals surface area contributed by atoms with Crippen molar-refractivity contribution in [3.63, 3.8) is 0 Å². The first kappa shape index (κ1) is 24.5. The van der Waals surface area contributed by atoms with Crippen LogP contribution in [0.3, 0.4) is 0 Å². The molecule has 2 aromatic heterocycles. The Morgan fingerprint density at radius 1 is 0.581 bits per heavy atom. The number of thiophene rings is 1. The number of aromatic nitrogens is 2. The number of rotatable bonds is 3. The summed E-state index contributed by atoms with van der Waals surface area (Å²) in [4.78, 5) is 10.3. The van der Waals surface area contributed by atoms with Gasteiger partial charge >= 0.3 is 0 Å². The smallest absolute Gasteiger partial charge is 0.0975 e. The van der Waals surface area contributed by atoms with Crippen LogP contribution in [0.5, 0.6) is 0 Å². The minimum absolute atomic E-state index is 0.900. The van der Waals surface area contributed by atoms with Crippen molar-refractivity contribution in [2.24, 2.45) is 0 Å². The molecular weight excluding hydrogens is 541 g/mol. The van der Waals surface area contributed by atoms with E-state index < -0.39 is 0 Å². The SMILES string of the molecule is C1=Cc2c(c3ncc(-c4cccc(-c5cccc(-c6cccc7c6sc6ccccc67)c5)c4)nc3c3ccccc23)CC1. The molecule has 2 nitrogen and oxygen atoms in total. The molecule has 0 saturated carbocycles. The lowest BCUT2D eigenvalue weighted by Crippen LogP contribution is -2.01. The largest absolute Gasteiger partial charge is 0.252 e. The van der Waals surface area contributed by atoms with E-state index in [2.05, 4.69) is 127 Å². The highest BCUT2D eigenvalue weighted by Gasteiger charge is 2.18. The van der Waals surface area contributed by atoms with Crippen molar-refractivity contribution >= 4 is 59.4 Å². The van der Waals surface area contributed by atoms with Crippen LogP contribution in [0.4, 0.5) is 0 Å². The lowest BCUT2D eigenvalue weighted by Gasteiger charge is -2.17. The Kier molecular flexibility index (Phi) is 5.53. The summed E-state index contributed by atoms with van der Waals surface area (Å²) in [5.41, 5.74) is 11.5. The van der Waals surface area contributed by atoms with Crippen molar-refractivity contribution in [2.45, 2.75) is 12.8 Å². The molecule has 0 atom stereocenters.